The zero-order valence-electron chi connectivity index (χ0n) is 10.3. The lowest BCUT2D eigenvalue weighted by molar-refractivity contribution is 0.185. The Kier molecular flexibility index (Phi) is 4.69. The number of hydrogen-bond donors (Lipinski definition) is 4. The van der Waals surface area contributed by atoms with Gasteiger partial charge >= 0.3 is 0 Å². The summed E-state index contributed by atoms with van der Waals surface area (Å²) in [5, 5.41) is 17.8. The normalized spacial score (nSPS) is 12.1. The van der Waals surface area contributed by atoms with E-state index in [4.69, 9.17) is 15.9 Å². The lowest BCUT2D eigenvalue weighted by Gasteiger charge is -2.16. The van der Waals surface area contributed by atoms with Crippen molar-refractivity contribution in [3.8, 4) is 0 Å². The van der Waals surface area contributed by atoms with Crippen LogP contribution in [0.25, 0.3) is 0 Å². The highest BCUT2D eigenvalue weighted by Gasteiger charge is 2.22. The largest absolute Gasteiger partial charge is 0.399 e. The Morgan fingerprint density at radius 3 is 2.33 bits per heavy atom. The fourth-order valence-electron chi connectivity index (χ4n) is 1.55. The number of nitrogens with two attached hydrogens (primary N) is 1. The SMILES string of the molecule is Cc1cc(N)cc(S(=O)(=O)NC(CO)CO)c1C. The lowest BCUT2D eigenvalue weighted by atomic mass is 10.1. The molecule has 0 amide bonds. The van der Waals surface area contributed by atoms with E-state index in [1.165, 1.54) is 6.07 Å². The minimum absolute atomic E-state index is 0.0619. The number of hydrogen-bond acceptors (Lipinski definition) is 5. The Balaban J connectivity index is 3.20. The molecule has 0 saturated heterocycles. The molecule has 0 bridgehead atoms. The second kappa shape index (κ2) is 5.66. The number of nitrogens with one attached hydrogen (secondary N) is 1. The van der Waals surface area contributed by atoms with Crippen LogP contribution in [-0.2, 0) is 10.0 Å². The predicted molar refractivity (Wildman–Crippen MR) is 68.6 cm³/mol. The Morgan fingerprint density at radius 2 is 1.83 bits per heavy atom. The third kappa shape index (κ3) is 3.20. The second-order valence-electron chi connectivity index (χ2n) is 4.14. The van der Waals surface area contributed by atoms with Crippen molar-refractivity contribution >= 4 is 15.7 Å². The molecule has 0 spiro atoms. The summed E-state index contributed by atoms with van der Waals surface area (Å²) in [7, 11) is -3.81. The van der Waals surface area contributed by atoms with Gasteiger partial charge in [-0.05, 0) is 37.1 Å². The van der Waals surface area contributed by atoms with Gasteiger partial charge in [0.05, 0.1) is 24.2 Å². The maximum Gasteiger partial charge on any atom is 0.241 e. The van der Waals surface area contributed by atoms with Gasteiger partial charge in [-0.25, -0.2) is 13.1 Å². The van der Waals surface area contributed by atoms with Crippen molar-refractivity contribution in [2.24, 2.45) is 0 Å². The van der Waals surface area contributed by atoms with E-state index >= 15 is 0 Å². The first-order valence-corrected chi connectivity index (χ1v) is 6.91. The average molecular weight is 274 g/mol. The summed E-state index contributed by atoms with van der Waals surface area (Å²) in [6, 6.07) is 2.12. The molecule has 0 aliphatic heterocycles. The van der Waals surface area contributed by atoms with E-state index < -0.39 is 29.3 Å². The Hall–Kier alpha value is -1.15. The second-order valence-corrected chi connectivity index (χ2v) is 5.83. The van der Waals surface area contributed by atoms with E-state index in [2.05, 4.69) is 4.72 Å². The molecular formula is C11H18N2O4S. The average Bonchev–Trinajstić information content (AvgIpc) is 2.30. The molecule has 7 heteroatoms. The molecule has 6 nitrogen and oxygen atoms in total. The van der Waals surface area contributed by atoms with Crippen LogP contribution in [-0.4, -0.2) is 37.9 Å². The zero-order valence-corrected chi connectivity index (χ0v) is 11.2. The van der Waals surface area contributed by atoms with Crippen LogP contribution in [0.2, 0.25) is 0 Å². The van der Waals surface area contributed by atoms with E-state index in [0.717, 1.165) is 5.56 Å². The molecule has 0 aromatic heterocycles. The number of sulfonamides is 1. The number of aliphatic hydroxyl groups is 2. The van der Waals surface area contributed by atoms with Gasteiger partial charge in [0, 0.05) is 5.69 Å². The smallest absolute Gasteiger partial charge is 0.241 e. The first-order valence-electron chi connectivity index (χ1n) is 5.42. The summed E-state index contributed by atoms with van der Waals surface area (Å²) in [5.74, 6) is 0. The maximum absolute atomic E-state index is 12.1. The Bertz CT molecular complexity index is 524. The molecule has 0 unspecified atom stereocenters. The molecular weight excluding hydrogens is 256 g/mol. The summed E-state index contributed by atoms with van der Waals surface area (Å²) in [6.07, 6.45) is 0. The van der Waals surface area contributed by atoms with Crippen molar-refractivity contribution in [1.29, 1.82) is 0 Å². The quantitative estimate of drug-likeness (QED) is 0.542. The van der Waals surface area contributed by atoms with Crippen LogP contribution < -0.4 is 10.5 Å². The number of aryl methyl sites for hydroxylation is 1. The molecule has 0 aliphatic rings. The topological polar surface area (TPSA) is 113 Å². The maximum atomic E-state index is 12.1. The minimum Gasteiger partial charge on any atom is -0.399 e. The van der Waals surface area contributed by atoms with Crippen molar-refractivity contribution in [1.82, 2.24) is 4.72 Å². The molecule has 18 heavy (non-hydrogen) atoms. The number of aliphatic hydroxyl groups excluding tert-OH is 2. The Labute approximate surface area is 106 Å². The third-order valence-corrected chi connectivity index (χ3v) is 4.34. The standard InChI is InChI=1S/C11H18N2O4S/c1-7-3-9(12)4-11(8(7)2)18(16,17)13-10(5-14)6-15/h3-4,10,13-15H,5-6,12H2,1-2H3. The van der Waals surface area contributed by atoms with Gasteiger partial charge in [0.15, 0.2) is 0 Å². The fraction of sp³-hybridized carbons (Fsp3) is 0.455. The summed E-state index contributed by atoms with van der Waals surface area (Å²) >= 11 is 0. The molecule has 1 aromatic carbocycles. The Morgan fingerprint density at radius 1 is 1.28 bits per heavy atom. The van der Waals surface area contributed by atoms with Crippen LogP contribution in [0.5, 0.6) is 0 Å². The molecule has 0 aliphatic carbocycles. The van der Waals surface area contributed by atoms with Gasteiger partial charge in [-0.15, -0.1) is 0 Å². The number of benzene rings is 1. The minimum atomic E-state index is -3.81. The van der Waals surface area contributed by atoms with E-state index in [-0.39, 0.29) is 4.90 Å². The van der Waals surface area contributed by atoms with Gasteiger partial charge in [0.25, 0.3) is 0 Å². The van der Waals surface area contributed by atoms with Gasteiger partial charge in [-0.2, -0.15) is 0 Å². The first kappa shape index (κ1) is 14.9. The lowest BCUT2D eigenvalue weighted by Crippen LogP contribution is -2.40. The van der Waals surface area contributed by atoms with Crippen LogP contribution in [0.15, 0.2) is 17.0 Å². The number of nitrogen functional groups attached to an aromatic ring is 1. The molecule has 0 atom stereocenters. The number of anilines is 1. The van der Waals surface area contributed by atoms with Crippen molar-refractivity contribution in [2.45, 2.75) is 24.8 Å². The summed E-state index contributed by atoms with van der Waals surface area (Å²) in [4.78, 5) is 0.0619. The summed E-state index contributed by atoms with van der Waals surface area (Å²) < 4.78 is 26.4. The van der Waals surface area contributed by atoms with Crippen molar-refractivity contribution in [3.63, 3.8) is 0 Å². The summed E-state index contributed by atoms with van der Waals surface area (Å²) in [6.45, 7) is 2.49. The monoisotopic (exact) mass is 274 g/mol. The van der Waals surface area contributed by atoms with Gasteiger partial charge in [-0.1, -0.05) is 0 Å². The molecule has 5 N–H and O–H groups in total. The highest BCUT2D eigenvalue weighted by atomic mass is 32.2. The van der Waals surface area contributed by atoms with E-state index in [1.54, 1.807) is 19.9 Å². The van der Waals surface area contributed by atoms with Crippen LogP contribution >= 0.6 is 0 Å². The first-order chi connectivity index (χ1) is 8.31. The van der Waals surface area contributed by atoms with Crippen LogP contribution in [0.3, 0.4) is 0 Å². The van der Waals surface area contributed by atoms with E-state index in [9.17, 15) is 8.42 Å². The third-order valence-electron chi connectivity index (χ3n) is 2.69. The fourth-order valence-corrected chi connectivity index (χ4v) is 3.12. The van der Waals surface area contributed by atoms with Gasteiger partial charge in [0.2, 0.25) is 10.0 Å². The molecule has 1 aromatic rings. The molecule has 0 radical (unpaired) electrons. The number of rotatable bonds is 5. The van der Waals surface area contributed by atoms with Gasteiger partial charge in [0.1, 0.15) is 0 Å². The highest BCUT2D eigenvalue weighted by molar-refractivity contribution is 7.89. The van der Waals surface area contributed by atoms with Crippen molar-refractivity contribution < 1.29 is 18.6 Å². The van der Waals surface area contributed by atoms with Crippen LogP contribution in [0.4, 0.5) is 5.69 Å². The molecule has 0 saturated carbocycles. The predicted octanol–water partition coefficient (Wildman–Crippen LogP) is -0.483. The van der Waals surface area contributed by atoms with Crippen LogP contribution in [0, 0.1) is 13.8 Å². The van der Waals surface area contributed by atoms with Gasteiger partial charge < -0.3 is 15.9 Å². The zero-order chi connectivity index (χ0) is 13.9. The van der Waals surface area contributed by atoms with E-state index in [0.29, 0.717) is 11.3 Å². The van der Waals surface area contributed by atoms with E-state index in [1.807, 2.05) is 0 Å². The van der Waals surface area contributed by atoms with Crippen molar-refractivity contribution in [2.75, 3.05) is 18.9 Å². The van der Waals surface area contributed by atoms with Gasteiger partial charge in [-0.3, -0.25) is 0 Å². The molecule has 0 fully saturated rings. The molecule has 1 rings (SSSR count). The highest BCUT2D eigenvalue weighted by Crippen LogP contribution is 2.22. The van der Waals surface area contributed by atoms with Crippen LogP contribution in [0.1, 0.15) is 11.1 Å². The van der Waals surface area contributed by atoms with Crippen molar-refractivity contribution in [3.05, 3.63) is 23.3 Å². The molecule has 0 heterocycles. The molecule has 102 valence electrons. The summed E-state index contributed by atoms with van der Waals surface area (Å²) in [5.41, 5.74) is 7.33.